The molecule has 0 N–H and O–H groups in total. The van der Waals surface area contributed by atoms with Crippen molar-refractivity contribution in [3.8, 4) is 0 Å². The molecule has 0 heterocycles. The molecule has 0 aromatic rings. The van der Waals surface area contributed by atoms with Gasteiger partial charge in [-0.25, -0.2) is 22.5 Å². The van der Waals surface area contributed by atoms with Crippen LogP contribution in [0.15, 0.2) is 34.7 Å². The molecule has 0 fully saturated rings. The van der Waals surface area contributed by atoms with Crippen LogP contribution in [0.3, 0.4) is 0 Å². The first-order chi connectivity index (χ1) is 6.21. The molecule has 2 rings (SSSR count). The number of hydrogen-bond donors (Lipinski definition) is 0. The Balaban J connectivity index is 0.000000980. The topological polar surface area (TPSA) is 0 Å². The van der Waals surface area contributed by atoms with Crippen LogP contribution >= 0.6 is 0 Å². The van der Waals surface area contributed by atoms with Crippen molar-refractivity contribution in [3.05, 3.63) is 46.8 Å². The van der Waals surface area contributed by atoms with Crippen LogP contribution in [0.4, 0.5) is 0 Å². The molecule has 0 aromatic heterocycles. The van der Waals surface area contributed by atoms with E-state index in [-0.39, 0.29) is 26.2 Å². The Hall–Kier alpha value is 0.0600. The van der Waals surface area contributed by atoms with Crippen molar-refractivity contribution in [2.24, 2.45) is 0 Å². The van der Waals surface area contributed by atoms with Crippen LogP contribution in [0, 0.1) is 12.2 Å². The predicted octanol–water partition coefficient (Wildman–Crippen LogP) is 3.15. The van der Waals surface area contributed by atoms with Gasteiger partial charge in [0.2, 0.25) is 0 Å². The quantitative estimate of drug-likeness (QED) is 0.537. The molecule has 0 radical (unpaired) electrons. The van der Waals surface area contributed by atoms with Gasteiger partial charge in [-0.3, -0.25) is 12.2 Å². The second kappa shape index (κ2) is 4.72. The van der Waals surface area contributed by atoms with Gasteiger partial charge in [-0.2, -0.15) is 12.2 Å². The fraction of sp³-hybridized carbons (Fsp3) is 0.333. The van der Waals surface area contributed by atoms with E-state index >= 15 is 0 Å². The second-order valence-electron chi connectivity index (χ2n) is 4.02. The zero-order valence-corrected chi connectivity index (χ0v) is 12.2. The SMILES string of the molecule is C[Si](C)(C1=[C-]CC=C1)C1=[C-]CC=C1.[Zr+2]. The number of allylic oxidation sites excluding steroid dienone is 8. The maximum Gasteiger partial charge on any atom is 2.00 e. The number of rotatable bonds is 2. The van der Waals surface area contributed by atoms with Gasteiger partial charge in [0.15, 0.2) is 0 Å². The molecule has 0 nitrogen and oxygen atoms in total. The van der Waals surface area contributed by atoms with Gasteiger partial charge in [0.25, 0.3) is 0 Å². The van der Waals surface area contributed by atoms with Gasteiger partial charge < -0.3 is 0 Å². The van der Waals surface area contributed by atoms with Crippen LogP contribution < -0.4 is 0 Å². The van der Waals surface area contributed by atoms with Crippen molar-refractivity contribution in [2.75, 3.05) is 0 Å². The average Bonchev–Trinajstić information content (AvgIpc) is 2.78. The zero-order chi connectivity index (χ0) is 9.31. The van der Waals surface area contributed by atoms with E-state index < -0.39 is 8.07 Å². The fourth-order valence-electron chi connectivity index (χ4n) is 1.81. The summed E-state index contributed by atoms with van der Waals surface area (Å²) in [4.78, 5) is 0. The summed E-state index contributed by atoms with van der Waals surface area (Å²) in [5.74, 6) is 0. The standard InChI is InChI=1S/C12H14Si.Zr/c1-13(2,11-7-3-4-8-11)12-9-5-6-10-12;/h3,5,7,9H,4,6H2,1-2H3;/q-2;+2. The van der Waals surface area contributed by atoms with Crippen molar-refractivity contribution in [3.63, 3.8) is 0 Å². The van der Waals surface area contributed by atoms with E-state index in [1.807, 2.05) is 0 Å². The molecule has 2 aliphatic carbocycles. The van der Waals surface area contributed by atoms with Crippen LogP contribution in [0.2, 0.25) is 13.1 Å². The van der Waals surface area contributed by atoms with E-state index in [0.29, 0.717) is 0 Å². The average molecular weight is 278 g/mol. The van der Waals surface area contributed by atoms with Crippen LogP contribution in [0.25, 0.3) is 0 Å². The molecule has 70 valence electrons. The van der Waals surface area contributed by atoms with Crippen LogP contribution in [-0.4, -0.2) is 8.07 Å². The van der Waals surface area contributed by atoms with E-state index in [1.54, 1.807) is 0 Å². The molecule has 2 heteroatoms. The monoisotopic (exact) mass is 276 g/mol. The molecule has 0 bridgehead atoms. The van der Waals surface area contributed by atoms with Gasteiger partial charge in [-0.05, 0) is 0 Å². The van der Waals surface area contributed by atoms with Crippen LogP contribution in [0.1, 0.15) is 12.8 Å². The maximum absolute atomic E-state index is 3.45. The van der Waals surface area contributed by atoms with Gasteiger partial charge in [0, 0.05) is 8.07 Å². The summed E-state index contributed by atoms with van der Waals surface area (Å²) in [5.41, 5.74) is 0. The van der Waals surface area contributed by atoms with E-state index in [4.69, 9.17) is 0 Å². The summed E-state index contributed by atoms with van der Waals surface area (Å²) in [6, 6.07) is 0. The van der Waals surface area contributed by atoms with Gasteiger partial charge in [-0.15, -0.1) is 12.8 Å². The molecule has 14 heavy (non-hydrogen) atoms. The van der Waals surface area contributed by atoms with Crippen molar-refractivity contribution in [2.45, 2.75) is 25.9 Å². The third kappa shape index (κ3) is 2.17. The minimum Gasteiger partial charge on any atom is -0.273 e. The predicted molar refractivity (Wildman–Crippen MR) is 58.5 cm³/mol. The minimum absolute atomic E-state index is 0. The number of hydrogen-bond acceptors (Lipinski definition) is 0. The molecule has 0 aliphatic heterocycles. The first kappa shape index (κ1) is 12.1. The summed E-state index contributed by atoms with van der Waals surface area (Å²) >= 11 is 0. The third-order valence-electron chi connectivity index (χ3n) is 2.74. The first-order valence-corrected chi connectivity index (χ1v) is 7.77. The van der Waals surface area contributed by atoms with Crippen molar-refractivity contribution in [1.29, 1.82) is 0 Å². The summed E-state index contributed by atoms with van der Waals surface area (Å²) in [6.07, 6.45) is 17.8. The van der Waals surface area contributed by atoms with E-state index in [2.05, 4.69) is 49.6 Å². The van der Waals surface area contributed by atoms with Gasteiger partial charge in [0.05, 0.1) is 0 Å². The Bertz CT molecular complexity index is 300. The molecular formula is C12H14SiZr. The molecule has 2 aliphatic rings. The molecule has 0 aromatic carbocycles. The Kier molecular flexibility index (Phi) is 4.09. The molecule has 0 saturated carbocycles. The summed E-state index contributed by atoms with van der Waals surface area (Å²) in [7, 11) is -1.40. The Labute approximate surface area is 107 Å². The van der Waals surface area contributed by atoms with E-state index in [9.17, 15) is 0 Å². The maximum atomic E-state index is 3.45. The fourth-order valence-corrected chi connectivity index (χ4v) is 4.26. The Morgan fingerprint density at radius 2 is 1.43 bits per heavy atom. The summed E-state index contributed by atoms with van der Waals surface area (Å²) < 4.78 is 0. The Morgan fingerprint density at radius 3 is 1.71 bits per heavy atom. The molecule has 0 unspecified atom stereocenters. The first-order valence-electron chi connectivity index (χ1n) is 4.77. The minimum atomic E-state index is -1.40. The van der Waals surface area contributed by atoms with Gasteiger partial charge >= 0.3 is 26.2 Å². The van der Waals surface area contributed by atoms with Crippen LogP contribution in [0.5, 0.6) is 0 Å². The van der Waals surface area contributed by atoms with Gasteiger partial charge in [0.1, 0.15) is 0 Å². The molecule has 0 spiro atoms. The summed E-state index contributed by atoms with van der Waals surface area (Å²) in [5, 5.41) is 2.89. The van der Waals surface area contributed by atoms with E-state index in [0.717, 1.165) is 12.8 Å². The second-order valence-corrected chi connectivity index (χ2v) is 8.35. The van der Waals surface area contributed by atoms with Crippen molar-refractivity contribution in [1.82, 2.24) is 0 Å². The summed E-state index contributed by atoms with van der Waals surface area (Å²) in [6.45, 7) is 4.76. The van der Waals surface area contributed by atoms with Crippen molar-refractivity contribution < 1.29 is 26.2 Å². The largest absolute Gasteiger partial charge is 2.00 e. The zero-order valence-electron chi connectivity index (χ0n) is 8.72. The molecule has 0 amide bonds. The molecular weight excluding hydrogens is 263 g/mol. The third-order valence-corrected chi connectivity index (χ3v) is 6.12. The normalized spacial score (nSPS) is 19.3. The Morgan fingerprint density at radius 1 is 1.00 bits per heavy atom. The van der Waals surface area contributed by atoms with Crippen molar-refractivity contribution >= 4 is 8.07 Å². The van der Waals surface area contributed by atoms with Gasteiger partial charge in [-0.1, -0.05) is 13.1 Å². The molecule has 0 saturated heterocycles. The molecule has 0 atom stereocenters. The van der Waals surface area contributed by atoms with E-state index in [1.165, 1.54) is 10.4 Å². The smallest absolute Gasteiger partial charge is 0.273 e. The van der Waals surface area contributed by atoms with Crippen LogP contribution in [-0.2, 0) is 26.2 Å².